The van der Waals surface area contributed by atoms with E-state index in [1.807, 2.05) is 0 Å². The highest BCUT2D eigenvalue weighted by Crippen LogP contribution is 2.35. The van der Waals surface area contributed by atoms with E-state index in [1.54, 1.807) is 18.2 Å². The Hall–Kier alpha value is -2.56. The van der Waals surface area contributed by atoms with E-state index in [9.17, 15) is 14.3 Å². The fourth-order valence-corrected chi connectivity index (χ4v) is 1.95. The molecule has 0 bridgehead atoms. The standard InChI is InChI=1S/C15H13FO4/c1-19-10-4-6-11(14(8-10)20-2)13-7-9(16)3-5-12(13)15(17)18/h3-8H,1-2H3,(H,17,18). The van der Waals surface area contributed by atoms with Gasteiger partial charge in [-0.05, 0) is 30.3 Å². The van der Waals surface area contributed by atoms with E-state index in [0.717, 1.165) is 6.07 Å². The number of halogens is 1. The smallest absolute Gasteiger partial charge is 0.336 e. The molecule has 0 aliphatic heterocycles. The van der Waals surface area contributed by atoms with Gasteiger partial charge in [-0.1, -0.05) is 0 Å². The Bertz CT molecular complexity index is 652. The molecule has 0 aliphatic rings. The van der Waals surface area contributed by atoms with Crippen LogP contribution in [0.4, 0.5) is 4.39 Å². The van der Waals surface area contributed by atoms with E-state index in [1.165, 1.54) is 26.4 Å². The molecule has 0 heterocycles. The summed E-state index contributed by atoms with van der Waals surface area (Å²) in [6.07, 6.45) is 0. The molecule has 0 spiro atoms. The van der Waals surface area contributed by atoms with Crippen LogP contribution in [0, 0.1) is 5.82 Å². The Balaban J connectivity index is 2.67. The molecule has 5 heteroatoms. The first kappa shape index (κ1) is 13.9. The van der Waals surface area contributed by atoms with Crippen LogP contribution in [-0.2, 0) is 0 Å². The number of hydrogen-bond acceptors (Lipinski definition) is 3. The summed E-state index contributed by atoms with van der Waals surface area (Å²) in [5.41, 5.74) is 0.761. The lowest BCUT2D eigenvalue weighted by Gasteiger charge is -2.12. The summed E-state index contributed by atoms with van der Waals surface area (Å²) in [5.74, 6) is -0.655. The minimum Gasteiger partial charge on any atom is -0.497 e. The quantitative estimate of drug-likeness (QED) is 0.931. The maximum atomic E-state index is 13.4. The van der Waals surface area contributed by atoms with Crippen molar-refractivity contribution in [2.24, 2.45) is 0 Å². The van der Waals surface area contributed by atoms with Crippen LogP contribution in [0.2, 0.25) is 0 Å². The number of carboxylic acid groups (broad SMARTS) is 1. The first-order chi connectivity index (χ1) is 9.56. The Morgan fingerprint density at radius 1 is 1.05 bits per heavy atom. The number of carbonyl (C=O) groups is 1. The topological polar surface area (TPSA) is 55.8 Å². The normalized spacial score (nSPS) is 10.2. The second kappa shape index (κ2) is 5.61. The monoisotopic (exact) mass is 276 g/mol. The van der Waals surface area contributed by atoms with Crippen LogP contribution in [0.15, 0.2) is 36.4 Å². The Kier molecular flexibility index (Phi) is 3.89. The van der Waals surface area contributed by atoms with Crippen molar-refractivity contribution in [2.75, 3.05) is 14.2 Å². The van der Waals surface area contributed by atoms with E-state index in [-0.39, 0.29) is 11.1 Å². The molecule has 20 heavy (non-hydrogen) atoms. The van der Waals surface area contributed by atoms with Gasteiger partial charge in [0, 0.05) is 17.2 Å². The van der Waals surface area contributed by atoms with Crippen molar-refractivity contribution < 1.29 is 23.8 Å². The predicted octanol–water partition coefficient (Wildman–Crippen LogP) is 3.21. The average molecular weight is 276 g/mol. The van der Waals surface area contributed by atoms with Crippen molar-refractivity contribution >= 4 is 5.97 Å². The largest absolute Gasteiger partial charge is 0.497 e. The molecule has 2 aromatic carbocycles. The van der Waals surface area contributed by atoms with E-state index >= 15 is 0 Å². The summed E-state index contributed by atoms with van der Waals surface area (Å²) < 4.78 is 23.7. The van der Waals surface area contributed by atoms with Gasteiger partial charge in [0.15, 0.2) is 0 Å². The van der Waals surface area contributed by atoms with Gasteiger partial charge >= 0.3 is 5.97 Å². The third-order valence-corrected chi connectivity index (χ3v) is 2.91. The molecule has 0 saturated carbocycles. The molecule has 0 amide bonds. The van der Waals surface area contributed by atoms with Gasteiger partial charge in [0.1, 0.15) is 17.3 Å². The third-order valence-electron chi connectivity index (χ3n) is 2.91. The summed E-state index contributed by atoms with van der Waals surface area (Å²) in [4.78, 5) is 11.2. The lowest BCUT2D eigenvalue weighted by Crippen LogP contribution is -2.01. The maximum absolute atomic E-state index is 13.4. The average Bonchev–Trinajstić information content (AvgIpc) is 2.46. The van der Waals surface area contributed by atoms with Gasteiger partial charge < -0.3 is 14.6 Å². The second-order valence-electron chi connectivity index (χ2n) is 4.06. The molecule has 2 rings (SSSR count). The van der Waals surface area contributed by atoms with Crippen LogP contribution in [0.1, 0.15) is 10.4 Å². The SMILES string of the molecule is COc1ccc(-c2cc(F)ccc2C(=O)O)c(OC)c1. The fraction of sp³-hybridized carbons (Fsp3) is 0.133. The van der Waals surface area contributed by atoms with Gasteiger partial charge in [0.2, 0.25) is 0 Å². The second-order valence-corrected chi connectivity index (χ2v) is 4.06. The fourth-order valence-electron chi connectivity index (χ4n) is 1.95. The van der Waals surface area contributed by atoms with Gasteiger partial charge in [-0.3, -0.25) is 0 Å². The van der Waals surface area contributed by atoms with Crippen LogP contribution in [0.25, 0.3) is 11.1 Å². The van der Waals surface area contributed by atoms with E-state index in [4.69, 9.17) is 9.47 Å². The van der Waals surface area contributed by atoms with Crippen LogP contribution in [0.5, 0.6) is 11.5 Å². The lowest BCUT2D eigenvalue weighted by atomic mass is 9.98. The van der Waals surface area contributed by atoms with Gasteiger partial charge in [-0.25, -0.2) is 9.18 Å². The molecule has 0 aromatic heterocycles. The highest BCUT2D eigenvalue weighted by atomic mass is 19.1. The molecular formula is C15H13FO4. The highest BCUT2D eigenvalue weighted by molar-refractivity contribution is 5.97. The zero-order valence-corrected chi connectivity index (χ0v) is 11.0. The van der Waals surface area contributed by atoms with Crippen LogP contribution < -0.4 is 9.47 Å². The van der Waals surface area contributed by atoms with Crippen molar-refractivity contribution in [3.63, 3.8) is 0 Å². The van der Waals surface area contributed by atoms with Gasteiger partial charge in [0.05, 0.1) is 19.8 Å². The molecule has 0 unspecified atom stereocenters. The molecule has 4 nitrogen and oxygen atoms in total. The van der Waals surface area contributed by atoms with Crippen molar-refractivity contribution in [1.29, 1.82) is 0 Å². The Morgan fingerprint density at radius 2 is 1.80 bits per heavy atom. The lowest BCUT2D eigenvalue weighted by molar-refractivity contribution is 0.0697. The number of aromatic carboxylic acids is 1. The molecule has 0 atom stereocenters. The van der Waals surface area contributed by atoms with Crippen LogP contribution >= 0.6 is 0 Å². The van der Waals surface area contributed by atoms with Crippen LogP contribution in [0.3, 0.4) is 0 Å². The molecule has 104 valence electrons. The zero-order chi connectivity index (χ0) is 14.7. The third kappa shape index (κ3) is 2.56. The molecule has 0 radical (unpaired) electrons. The zero-order valence-electron chi connectivity index (χ0n) is 11.0. The van der Waals surface area contributed by atoms with Crippen molar-refractivity contribution in [2.45, 2.75) is 0 Å². The minimum absolute atomic E-state index is 0.00914. The number of ether oxygens (including phenoxy) is 2. The number of rotatable bonds is 4. The Labute approximate surface area is 115 Å². The van der Waals surface area contributed by atoms with E-state index in [0.29, 0.717) is 17.1 Å². The van der Waals surface area contributed by atoms with E-state index < -0.39 is 11.8 Å². The molecule has 0 aliphatic carbocycles. The summed E-state index contributed by atoms with van der Waals surface area (Å²) in [6.45, 7) is 0. The molecule has 0 fully saturated rings. The first-order valence-electron chi connectivity index (χ1n) is 5.82. The van der Waals surface area contributed by atoms with Gasteiger partial charge in [-0.15, -0.1) is 0 Å². The predicted molar refractivity (Wildman–Crippen MR) is 71.9 cm³/mol. The van der Waals surface area contributed by atoms with Crippen LogP contribution in [-0.4, -0.2) is 25.3 Å². The number of benzene rings is 2. The van der Waals surface area contributed by atoms with Gasteiger partial charge in [0.25, 0.3) is 0 Å². The molecule has 2 aromatic rings. The first-order valence-corrected chi connectivity index (χ1v) is 5.82. The summed E-state index contributed by atoms with van der Waals surface area (Å²) in [6, 6.07) is 8.44. The summed E-state index contributed by atoms with van der Waals surface area (Å²) in [5, 5.41) is 9.19. The highest BCUT2D eigenvalue weighted by Gasteiger charge is 2.16. The molecule has 1 N–H and O–H groups in total. The summed E-state index contributed by atoms with van der Waals surface area (Å²) >= 11 is 0. The molecular weight excluding hydrogens is 263 g/mol. The number of hydrogen-bond donors (Lipinski definition) is 1. The number of carboxylic acids is 1. The van der Waals surface area contributed by atoms with Crippen molar-refractivity contribution in [3.05, 3.63) is 47.8 Å². The molecule has 0 saturated heterocycles. The minimum atomic E-state index is -1.13. The maximum Gasteiger partial charge on any atom is 0.336 e. The van der Waals surface area contributed by atoms with Crippen molar-refractivity contribution in [1.82, 2.24) is 0 Å². The van der Waals surface area contributed by atoms with Crippen molar-refractivity contribution in [3.8, 4) is 22.6 Å². The van der Waals surface area contributed by atoms with Gasteiger partial charge in [-0.2, -0.15) is 0 Å². The Morgan fingerprint density at radius 3 is 2.40 bits per heavy atom. The van der Waals surface area contributed by atoms with E-state index in [2.05, 4.69) is 0 Å². The number of methoxy groups -OCH3 is 2. The summed E-state index contributed by atoms with van der Waals surface area (Å²) in [7, 11) is 2.97.